The second-order valence-corrected chi connectivity index (χ2v) is 23.9. The Morgan fingerprint density at radius 1 is 0.758 bits per heavy atom. The third-order valence-corrected chi connectivity index (χ3v) is 16.7. The maximum Gasteiger partial charge on any atom is 0.469 e. The number of amides is 6. The Morgan fingerprint density at radius 2 is 1.41 bits per heavy atom. The highest BCUT2D eigenvalue weighted by molar-refractivity contribution is 7.46. The molecule has 1 unspecified atom stereocenters. The summed E-state index contributed by atoms with van der Waals surface area (Å²) in [4.78, 5) is 113. The normalized spacial score (nSPS) is 17.1. The molecule has 3 heterocycles. The number of esters is 1. The number of likely N-dealkylation sites (tertiary alicyclic amines) is 1. The summed E-state index contributed by atoms with van der Waals surface area (Å²) in [6.45, 7) is 1.25. The Bertz CT molecular complexity index is 3860. The van der Waals surface area contributed by atoms with Crippen molar-refractivity contribution in [2.75, 3.05) is 6.54 Å². The van der Waals surface area contributed by atoms with Crippen molar-refractivity contribution in [2.45, 2.75) is 107 Å². The van der Waals surface area contributed by atoms with Crippen LogP contribution in [0.5, 0.6) is 51.7 Å². The van der Waals surface area contributed by atoms with Crippen molar-refractivity contribution in [2.24, 2.45) is 11.5 Å². The standard InChI is InChI=1S/C39H48N7O10PS.C22H18O11/c1-23(56-57(53,54)55)35(45-36(49)29(40)21-28-20-27-10-4-5-12-32(27)58-28)39(52)46-17-7-6-11-31(46)38(51)43-30(37(50)44-34(42-22-47)16-15-33(41)48)19-24-13-14-25-8-2-3-9-26(25)18-24;23-10-5-12(24)11-7-18(33-22(31)9-3-15(27)20(30)16(28)4-9)21(32-17(11)6-10)8-1-13(25)19(29)14(26)2-8/h2-5,8-10,12-14,18,20,22-23,29-31,34-35H,6-7,11,15-17,19,21,40H2,1H3,(H2,41,48)(H,42,47)(H,43,51)(H,44,50)(H,45,49)(H2,53,54,55);1-6,18,21,23-30H,7H2/t23?,29-,30-,31-,34+,35+;18-,21-/m01/s1. The molecule has 482 valence electrons. The molecule has 9 rings (SSSR count). The number of nitrogens with zero attached hydrogens (tertiary/aromatic N) is 1. The van der Waals surface area contributed by atoms with Crippen molar-refractivity contribution >= 4 is 81.9 Å². The quantitative estimate of drug-likeness (QED) is 0.0151. The molecule has 8 atom stereocenters. The number of thiophene rings is 1. The maximum atomic E-state index is 14.4. The molecule has 2 aliphatic rings. The van der Waals surface area contributed by atoms with Gasteiger partial charge in [-0.2, -0.15) is 0 Å². The summed E-state index contributed by atoms with van der Waals surface area (Å²) >= 11 is 1.45. The van der Waals surface area contributed by atoms with Gasteiger partial charge in [-0.05, 0) is 90.7 Å². The van der Waals surface area contributed by atoms with E-state index in [0.29, 0.717) is 24.8 Å². The number of phenolic OH excluding ortho intramolecular Hbond substituents is 8. The predicted octanol–water partition coefficient (Wildman–Crippen LogP) is 3.70. The number of ether oxygens (including phenoxy) is 2. The van der Waals surface area contributed by atoms with Crippen molar-refractivity contribution in [3.05, 3.63) is 136 Å². The summed E-state index contributed by atoms with van der Waals surface area (Å²) in [6.07, 6.45) is -3.59. The van der Waals surface area contributed by atoms with E-state index < -0.39 is 126 Å². The van der Waals surface area contributed by atoms with Crippen molar-refractivity contribution < 1.29 is 103 Å². The minimum Gasteiger partial charge on any atom is -0.508 e. The molecule has 0 aliphatic carbocycles. The highest BCUT2D eigenvalue weighted by Crippen LogP contribution is 2.46. The van der Waals surface area contributed by atoms with Gasteiger partial charge >= 0.3 is 13.8 Å². The highest BCUT2D eigenvalue weighted by atomic mass is 32.1. The molecule has 1 saturated heterocycles. The van der Waals surface area contributed by atoms with Crippen molar-refractivity contribution in [1.82, 2.24) is 26.2 Å². The van der Waals surface area contributed by atoms with Gasteiger partial charge < -0.3 is 97.7 Å². The number of phosphoric ester groups is 1. The van der Waals surface area contributed by atoms with Crippen LogP contribution in [-0.4, -0.2) is 147 Å². The van der Waals surface area contributed by atoms with Crippen LogP contribution in [0.2, 0.25) is 0 Å². The first kappa shape index (κ1) is 67.0. The number of phosphoric acid groups is 1. The summed E-state index contributed by atoms with van der Waals surface area (Å²) in [5.41, 5.74) is 12.2. The zero-order valence-electron chi connectivity index (χ0n) is 48.4. The number of benzene rings is 6. The fourth-order valence-corrected chi connectivity index (χ4v) is 12.2. The van der Waals surface area contributed by atoms with E-state index in [1.807, 2.05) is 66.7 Å². The minimum absolute atomic E-state index is 0.00374. The summed E-state index contributed by atoms with van der Waals surface area (Å²) in [7, 11) is -5.16. The SMILES string of the molecule is CC(OP(=O)(O)O)[C@@H](NC(=O)[C@@H](N)Cc1cc2ccccc2s1)C(=O)N1CCCC[C@H]1C(=O)N[C@@H](Cc1ccc2ccccc2c1)C(=O)N[C@H](CCC(N)=O)NC=O.O=C(O[C@@H]1Cc2c(O)cc(O)cc2O[C@@H]1c1cc(O)c(O)c(O)c1)c1cc(O)c(O)c(O)c1. The molecule has 91 heavy (non-hydrogen) atoms. The first-order valence-corrected chi connectivity index (χ1v) is 30.6. The third kappa shape index (κ3) is 17.1. The van der Waals surface area contributed by atoms with E-state index in [-0.39, 0.29) is 79.0 Å². The summed E-state index contributed by atoms with van der Waals surface area (Å²) < 4.78 is 29.1. The largest absolute Gasteiger partial charge is 0.508 e. The average molecular weight is 1300 g/mol. The zero-order valence-corrected chi connectivity index (χ0v) is 50.1. The molecule has 6 aromatic carbocycles. The molecule has 1 aromatic heterocycles. The first-order chi connectivity index (χ1) is 43.2. The van der Waals surface area contributed by atoms with Crippen molar-refractivity contribution in [3.63, 3.8) is 0 Å². The van der Waals surface area contributed by atoms with Crippen LogP contribution < -0.4 is 37.5 Å². The minimum atomic E-state index is -5.16. The second-order valence-electron chi connectivity index (χ2n) is 21.6. The van der Waals surface area contributed by atoms with Crippen LogP contribution in [0, 0.1) is 0 Å². The molecule has 30 heteroatoms. The van der Waals surface area contributed by atoms with E-state index >= 15 is 0 Å². The Hall–Kier alpha value is -9.90. The fourth-order valence-electron chi connectivity index (χ4n) is 10.5. The Labute approximate surface area is 521 Å². The van der Waals surface area contributed by atoms with Crippen molar-refractivity contribution in [1.29, 1.82) is 0 Å². The second kappa shape index (κ2) is 29.2. The van der Waals surface area contributed by atoms with E-state index in [1.165, 1.54) is 29.2 Å². The van der Waals surface area contributed by atoms with Gasteiger partial charge in [0.05, 0.1) is 17.7 Å². The van der Waals surface area contributed by atoms with Crippen LogP contribution in [0.4, 0.5) is 0 Å². The lowest BCUT2D eigenvalue weighted by Crippen LogP contribution is -2.63. The smallest absolute Gasteiger partial charge is 0.469 e. The lowest BCUT2D eigenvalue weighted by atomic mass is 9.93. The molecule has 7 aromatic rings. The molecule has 28 nitrogen and oxygen atoms in total. The van der Waals surface area contributed by atoms with Gasteiger partial charge in [0.15, 0.2) is 40.6 Å². The number of aromatic hydroxyl groups is 8. The summed E-state index contributed by atoms with van der Waals surface area (Å²) in [5.74, 6) is -9.74. The molecule has 1 fully saturated rings. The molecular formula is C61H66N7O21PS. The number of hydrogen-bond acceptors (Lipinski definition) is 21. The topological polar surface area (TPSA) is 470 Å². The highest BCUT2D eigenvalue weighted by Gasteiger charge is 2.42. The first-order valence-electron chi connectivity index (χ1n) is 28.2. The van der Waals surface area contributed by atoms with Gasteiger partial charge in [-0.1, -0.05) is 60.7 Å². The summed E-state index contributed by atoms with van der Waals surface area (Å²) in [5, 5.41) is 91.4. The number of nitrogens with one attached hydrogen (secondary N) is 4. The predicted molar refractivity (Wildman–Crippen MR) is 325 cm³/mol. The number of carbonyl (C=O) groups is 7. The van der Waals surface area contributed by atoms with Crippen LogP contribution in [0.15, 0.2) is 109 Å². The number of piperidine rings is 1. The lowest BCUT2D eigenvalue weighted by molar-refractivity contribution is -0.147. The third-order valence-electron chi connectivity index (χ3n) is 15.0. The van der Waals surface area contributed by atoms with Crippen LogP contribution in [0.3, 0.4) is 0 Å². The van der Waals surface area contributed by atoms with E-state index in [0.717, 1.165) is 56.1 Å². The number of rotatable bonds is 22. The number of primary amides is 1. The van der Waals surface area contributed by atoms with Gasteiger partial charge in [-0.25, -0.2) is 9.36 Å². The summed E-state index contributed by atoms with van der Waals surface area (Å²) in [6, 6.07) is 23.6. The zero-order chi connectivity index (χ0) is 66.0. The van der Waals surface area contributed by atoms with Crippen LogP contribution >= 0.6 is 19.2 Å². The number of nitrogens with two attached hydrogens (primary N) is 2. The van der Waals surface area contributed by atoms with Gasteiger partial charge in [0.2, 0.25) is 35.9 Å². The van der Waals surface area contributed by atoms with Gasteiger partial charge in [-0.15, -0.1) is 11.3 Å². The molecule has 0 bridgehead atoms. The van der Waals surface area contributed by atoms with E-state index in [4.69, 9.17) is 25.5 Å². The average Bonchev–Trinajstić information content (AvgIpc) is 1.37. The molecule has 0 radical (unpaired) electrons. The van der Waals surface area contributed by atoms with Gasteiger partial charge in [0.1, 0.15) is 47.6 Å². The molecule has 6 amide bonds. The molecule has 18 N–H and O–H groups in total. The van der Waals surface area contributed by atoms with Crippen LogP contribution in [-0.2, 0) is 61.9 Å². The van der Waals surface area contributed by atoms with Crippen molar-refractivity contribution in [3.8, 4) is 51.7 Å². The van der Waals surface area contributed by atoms with Crippen LogP contribution in [0.1, 0.15) is 77.1 Å². The lowest BCUT2D eigenvalue weighted by Gasteiger charge is -2.39. The Balaban J connectivity index is 0.000000272. The van der Waals surface area contributed by atoms with E-state index in [2.05, 4.69) is 21.3 Å². The Kier molecular flexibility index (Phi) is 21.5. The maximum absolute atomic E-state index is 14.4. The molecule has 2 aliphatic heterocycles. The monoisotopic (exact) mass is 1300 g/mol. The number of hydrogen-bond donors (Lipinski definition) is 16. The molecular weight excluding hydrogens is 1230 g/mol. The number of phenols is 8. The molecule has 0 saturated carbocycles. The van der Waals surface area contributed by atoms with Crippen LogP contribution in [0.25, 0.3) is 20.9 Å². The molecule has 0 spiro atoms. The Morgan fingerprint density at radius 3 is 2.05 bits per heavy atom. The van der Waals surface area contributed by atoms with E-state index in [1.54, 1.807) is 6.07 Å². The number of fused-ring (bicyclic) bond motifs is 3. The van der Waals surface area contributed by atoms with E-state index in [9.17, 15) is 88.8 Å². The fraction of sp³-hybridized carbons (Fsp3) is 0.295. The van der Waals surface area contributed by atoms with Gasteiger partial charge in [0.25, 0.3) is 0 Å². The van der Waals surface area contributed by atoms with Gasteiger partial charge in [-0.3, -0.25) is 33.3 Å². The van der Waals surface area contributed by atoms with Gasteiger partial charge in [0, 0.05) is 65.1 Å². The number of carbonyl (C=O) groups excluding carboxylic acids is 7.